The monoisotopic (exact) mass is 236 g/mol. The summed E-state index contributed by atoms with van der Waals surface area (Å²) in [6.07, 6.45) is 4.77. The lowest BCUT2D eigenvalue weighted by Crippen LogP contribution is -2.27. The van der Waals surface area contributed by atoms with E-state index in [1.807, 2.05) is 0 Å². The van der Waals surface area contributed by atoms with Crippen LogP contribution in [-0.2, 0) is 7.05 Å². The predicted molar refractivity (Wildman–Crippen MR) is 66.5 cm³/mol. The SMILES string of the molecule is Cn1nc(N)cc1C(=O)CC1CCC(N)CC1. The summed E-state index contributed by atoms with van der Waals surface area (Å²) >= 11 is 0. The largest absolute Gasteiger partial charge is 0.382 e. The van der Waals surface area contributed by atoms with Crippen molar-refractivity contribution in [3.05, 3.63) is 11.8 Å². The van der Waals surface area contributed by atoms with Gasteiger partial charge < -0.3 is 11.5 Å². The van der Waals surface area contributed by atoms with E-state index in [2.05, 4.69) is 5.10 Å². The number of nitrogens with two attached hydrogens (primary N) is 2. The Balaban J connectivity index is 1.95. The zero-order valence-corrected chi connectivity index (χ0v) is 10.2. The Hall–Kier alpha value is -1.36. The molecule has 1 heterocycles. The number of hydrogen-bond acceptors (Lipinski definition) is 4. The van der Waals surface area contributed by atoms with Gasteiger partial charge in [-0.3, -0.25) is 9.48 Å². The minimum Gasteiger partial charge on any atom is -0.382 e. The van der Waals surface area contributed by atoms with Crippen LogP contribution in [0.15, 0.2) is 6.07 Å². The second-order valence-electron chi connectivity index (χ2n) is 4.99. The molecule has 94 valence electrons. The van der Waals surface area contributed by atoms with E-state index in [4.69, 9.17) is 11.5 Å². The molecule has 0 unspecified atom stereocenters. The number of nitrogen functional groups attached to an aromatic ring is 1. The number of rotatable bonds is 3. The van der Waals surface area contributed by atoms with Gasteiger partial charge in [0.1, 0.15) is 11.5 Å². The molecule has 0 aliphatic heterocycles. The van der Waals surface area contributed by atoms with Gasteiger partial charge in [0, 0.05) is 25.6 Å². The summed E-state index contributed by atoms with van der Waals surface area (Å²) in [5, 5.41) is 3.99. The lowest BCUT2D eigenvalue weighted by atomic mass is 9.83. The molecule has 1 aliphatic carbocycles. The van der Waals surface area contributed by atoms with E-state index in [0.29, 0.717) is 29.9 Å². The third kappa shape index (κ3) is 2.85. The molecule has 1 aliphatic rings. The molecule has 1 fully saturated rings. The van der Waals surface area contributed by atoms with Crippen molar-refractivity contribution in [2.45, 2.75) is 38.1 Å². The number of aryl methyl sites for hydroxylation is 1. The quantitative estimate of drug-likeness (QED) is 0.769. The summed E-state index contributed by atoms with van der Waals surface area (Å²) in [6.45, 7) is 0. The molecule has 1 aromatic rings. The fraction of sp³-hybridized carbons (Fsp3) is 0.667. The summed E-state index contributed by atoms with van der Waals surface area (Å²) in [7, 11) is 1.75. The molecular weight excluding hydrogens is 216 g/mol. The van der Waals surface area contributed by atoms with Gasteiger partial charge in [0.2, 0.25) is 0 Å². The lowest BCUT2D eigenvalue weighted by Gasteiger charge is -2.25. The van der Waals surface area contributed by atoms with Crippen LogP contribution in [0.3, 0.4) is 0 Å². The van der Waals surface area contributed by atoms with Gasteiger partial charge in [-0.05, 0) is 31.6 Å². The van der Waals surface area contributed by atoms with E-state index in [0.717, 1.165) is 25.7 Å². The Morgan fingerprint density at radius 2 is 2.12 bits per heavy atom. The Bertz CT molecular complexity index is 405. The molecule has 0 aromatic carbocycles. The zero-order valence-electron chi connectivity index (χ0n) is 10.2. The highest BCUT2D eigenvalue weighted by molar-refractivity contribution is 5.95. The molecule has 0 atom stereocenters. The molecule has 1 saturated carbocycles. The first-order valence-electron chi connectivity index (χ1n) is 6.14. The first-order valence-corrected chi connectivity index (χ1v) is 6.14. The molecule has 0 amide bonds. The topological polar surface area (TPSA) is 86.9 Å². The summed E-state index contributed by atoms with van der Waals surface area (Å²) in [4.78, 5) is 12.1. The maximum Gasteiger partial charge on any atom is 0.181 e. The highest BCUT2D eigenvalue weighted by Gasteiger charge is 2.22. The number of ketones is 1. The molecule has 1 aromatic heterocycles. The van der Waals surface area contributed by atoms with Gasteiger partial charge in [-0.25, -0.2) is 0 Å². The average Bonchev–Trinajstić information content (AvgIpc) is 2.61. The maximum atomic E-state index is 12.1. The number of aromatic nitrogens is 2. The van der Waals surface area contributed by atoms with Crippen molar-refractivity contribution in [2.24, 2.45) is 18.7 Å². The van der Waals surface area contributed by atoms with Gasteiger partial charge in [0.25, 0.3) is 0 Å². The fourth-order valence-electron chi connectivity index (χ4n) is 2.51. The molecule has 0 radical (unpaired) electrons. The van der Waals surface area contributed by atoms with Crippen molar-refractivity contribution >= 4 is 11.6 Å². The van der Waals surface area contributed by atoms with Crippen LogP contribution in [0.4, 0.5) is 5.82 Å². The van der Waals surface area contributed by atoms with Crippen molar-refractivity contribution in [3.63, 3.8) is 0 Å². The molecule has 0 bridgehead atoms. The summed E-state index contributed by atoms with van der Waals surface area (Å²) in [5.74, 6) is 1.01. The normalized spacial score (nSPS) is 24.8. The van der Waals surface area contributed by atoms with Gasteiger partial charge in [0.15, 0.2) is 5.78 Å². The Kier molecular flexibility index (Phi) is 3.47. The first-order chi connectivity index (χ1) is 8.06. The molecule has 5 heteroatoms. The van der Waals surface area contributed by atoms with Crippen LogP contribution in [0, 0.1) is 5.92 Å². The van der Waals surface area contributed by atoms with E-state index in [9.17, 15) is 4.79 Å². The van der Waals surface area contributed by atoms with Crippen LogP contribution in [0.25, 0.3) is 0 Å². The third-order valence-corrected chi connectivity index (χ3v) is 3.55. The van der Waals surface area contributed by atoms with Crippen molar-refractivity contribution in [2.75, 3.05) is 5.73 Å². The molecular formula is C12H20N4O. The smallest absolute Gasteiger partial charge is 0.181 e. The van der Waals surface area contributed by atoms with Crippen molar-refractivity contribution in [3.8, 4) is 0 Å². The summed E-state index contributed by atoms with van der Waals surface area (Å²) in [6, 6.07) is 1.98. The van der Waals surface area contributed by atoms with Crippen LogP contribution >= 0.6 is 0 Å². The van der Waals surface area contributed by atoms with E-state index in [1.54, 1.807) is 17.8 Å². The number of hydrogen-bond donors (Lipinski definition) is 2. The Labute approximate surface area is 101 Å². The minimum absolute atomic E-state index is 0.136. The Morgan fingerprint density at radius 3 is 2.65 bits per heavy atom. The molecule has 17 heavy (non-hydrogen) atoms. The van der Waals surface area contributed by atoms with Crippen LogP contribution < -0.4 is 11.5 Å². The number of carbonyl (C=O) groups excluding carboxylic acids is 1. The van der Waals surface area contributed by atoms with Crippen molar-refractivity contribution in [1.82, 2.24) is 9.78 Å². The molecule has 0 saturated heterocycles. The molecule has 4 N–H and O–H groups in total. The second-order valence-corrected chi connectivity index (χ2v) is 4.99. The Morgan fingerprint density at radius 1 is 1.47 bits per heavy atom. The van der Waals surface area contributed by atoms with E-state index < -0.39 is 0 Å². The van der Waals surface area contributed by atoms with Gasteiger partial charge in [-0.1, -0.05) is 0 Å². The standard InChI is InChI=1S/C12H20N4O/c1-16-10(7-12(14)15-16)11(17)6-8-2-4-9(13)5-3-8/h7-9H,2-6,13H2,1H3,(H2,14,15). The molecule has 0 spiro atoms. The van der Waals surface area contributed by atoms with E-state index in [1.165, 1.54) is 0 Å². The van der Waals surface area contributed by atoms with Gasteiger partial charge >= 0.3 is 0 Å². The van der Waals surface area contributed by atoms with Crippen LogP contribution in [0.5, 0.6) is 0 Å². The number of carbonyl (C=O) groups is 1. The summed E-state index contributed by atoms with van der Waals surface area (Å²) < 4.78 is 1.56. The first kappa shape index (κ1) is 12.1. The predicted octanol–water partition coefficient (Wildman–Crippen LogP) is 1.09. The number of nitrogens with zero attached hydrogens (tertiary/aromatic N) is 2. The zero-order chi connectivity index (χ0) is 12.4. The number of Topliss-reactive ketones (excluding diaryl/α,β-unsaturated/α-hetero) is 1. The third-order valence-electron chi connectivity index (χ3n) is 3.55. The fourth-order valence-corrected chi connectivity index (χ4v) is 2.51. The minimum atomic E-state index is 0.136. The summed E-state index contributed by atoms with van der Waals surface area (Å²) in [5.41, 5.74) is 12.0. The highest BCUT2D eigenvalue weighted by atomic mass is 16.1. The van der Waals surface area contributed by atoms with Gasteiger partial charge in [0.05, 0.1) is 0 Å². The average molecular weight is 236 g/mol. The maximum absolute atomic E-state index is 12.1. The van der Waals surface area contributed by atoms with Crippen LogP contribution in [-0.4, -0.2) is 21.6 Å². The van der Waals surface area contributed by atoms with Crippen LogP contribution in [0.2, 0.25) is 0 Å². The van der Waals surface area contributed by atoms with Crippen LogP contribution in [0.1, 0.15) is 42.6 Å². The van der Waals surface area contributed by atoms with Crippen molar-refractivity contribution in [1.29, 1.82) is 0 Å². The van der Waals surface area contributed by atoms with E-state index in [-0.39, 0.29) is 5.78 Å². The second kappa shape index (κ2) is 4.87. The van der Waals surface area contributed by atoms with Gasteiger partial charge in [-0.2, -0.15) is 5.10 Å². The van der Waals surface area contributed by atoms with Crippen molar-refractivity contribution < 1.29 is 4.79 Å². The lowest BCUT2D eigenvalue weighted by molar-refractivity contribution is 0.0938. The number of anilines is 1. The van der Waals surface area contributed by atoms with E-state index >= 15 is 0 Å². The van der Waals surface area contributed by atoms with Gasteiger partial charge in [-0.15, -0.1) is 0 Å². The molecule has 2 rings (SSSR count). The highest BCUT2D eigenvalue weighted by Crippen LogP contribution is 2.27. The molecule has 5 nitrogen and oxygen atoms in total.